The molecule has 0 atom stereocenters. The minimum absolute atomic E-state index is 0.0851. The van der Waals surface area contributed by atoms with Gasteiger partial charge in [0, 0.05) is 6.42 Å². The lowest BCUT2D eigenvalue weighted by Gasteiger charge is -2.14. The summed E-state index contributed by atoms with van der Waals surface area (Å²) in [7, 11) is -4.03. The first-order chi connectivity index (χ1) is 12.4. The Hall–Kier alpha value is -2.58. The van der Waals surface area contributed by atoms with Crippen molar-refractivity contribution in [2.24, 2.45) is 0 Å². The highest BCUT2D eigenvalue weighted by Crippen LogP contribution is 2.17. The Morgan fingerprint density at radius 1 is 1.04 bits per heavy atom. The van der Waals surface area contributed by atoms with Crippen LogP contribution in [0.4, 0.5) is 4.39 Å². The fourth-order valence-electron chi connectivity index (χ4n) is 2.81. The lowest BCUT2D eigenvalue weighted by Crippen LogP contribution is -2.24. The molecule has 0 saturated heterocycles. The number of rotatable bonds is 6. The van der Waals surface area contributed by atoms with Crippen LogP contribution in [0.2, 0.25) is 0 Å². The zero-order chi connectivity index (χ0) is 18.7. The second-order valence-electron chi connectivity index (χ2n) is 5.88. The van der Waals surface area contributed by atoms with Crippen molar-refractivity contribution >= 4 is 21.0 Å². The second-order valence-corrected chi connectivity index (χ2v) is 7.45. The monoisotopic (exact) mass is 376 g/mol. The first kappa shape index (κ1) is 18.2. The topological polar surface area (TPSA) is 89.3 Å². The predicted octanol–water partition coefficient (Wildman–Crippen LogP) is 2.74. The Morgan fingerprint density at radius 2 is 1.77 bits per heavy atom. The van der Waals surface area contributed by atoms with Crippen LogP contribution in [-0.2, 0) is 16.5 Å². The van der Waals surface area contributed by atoms with E-state index in [4.69, 9.17) is 4.55 Å². The van der Waals surface area contributed by atoms with Crippen LogP contribution in [0.5, 0.6) is 0 Å². The van der Waals surface area contributed by atoms with Crippen LogP contribution in [0.1, 0.15) is 18.7 Å². The van der Waals surface area contributed by atoms with E-state index in [-0.39, 0.29) is 23.1 Å². The molecule has 0 aliphatic heterocycles. The largest absolute Gasteiger partial charge is 0.286 e. The van der Waals surface area contributed by atoms with Gasteiger partial charge in [-0.2, -0.15) is 8.42 Å². The molecule has 0 aliphatic rings. The first-order valence-corrected chi connectivity index (χ1v) is 9.68. The molecule has 0 unspecified atom stereocenters. The van der Waals surface area contributed by atoms with Crippen molar-refractivity contribution < 1.29 is 17.4 Å². The van der Waals surface area contributed by atoms with Crippen LogP contribution in [-0.4, -0.2) is 28.3 Å². The number of halogens is 1. The molecular weight excluding hydrogens is 359 g/mol. The number of hydrogen-bond acceptors (Lipinski definition) is 4. The summed E-state index contributed by atoms with van der Waals surface area (Å²) in [4.78, 5) is 17.3. The summed E-state index contributed by atoms with van der Waals surface area (Å²) < 4.78 is 46.0. The molecule has 3 aromatic rings. The third-order valence-electron chi connectivity index (χ3n) is 3.98. The van der Waals surface area contributed by atoms with E-state index in [0.29, 0.717) is 24.4 Å². The summed E-state index contributed by atoms with van der Waals surface area (Å²) in [5.41, 5.74) is 0.302. The maximum Gasteiger partial charge on any atom is 0.268 e. The molecule has 0 aliphatic carbocycles. The molecule has 26 heavy (non-hydrogen) atoms. The summed E-state index contributed by atoms with van der Waals surface area (Å²) in [5.74, 6) is -0.581. The predicted molar refractivity (Wildman–Crippen MR) is 96.7 cm³/mol. The molecule has 0 saturated carbocycles. The van der Waals surface area contributed by atoms with Crippen LogP contribution in [0, 0.1) is 5.82 Å². The molecule has 6 nitrogen and oxygen atoms in total. The van der Waals surface area contributed by atoms with Gasteiger partial charge in [-0.3, -0.25) is 13.9 Å². The van der Waals surface area contributed by atoms with Gasteiger partial charge in [0.15, 0.2) is 0 Å². The van der Waals surface area contributed by atoms with Crippen molar-refractivity contribution in [2.75, 3.05) is 5.75 Å². The Balaban J connectivity index is 2.07. The molecular formula is C18H17FN2O4S. The molecule has 136 valence electrons. The molecule has 1 heterocycles. The van der Waals surface area contributed by atoms with Crippen molar-refractivity contribution in [3.63, 3.8) is 0 Å². The van der Waals surface area contributed by atoms with E-state index < -0.39 is 21.5 Å². The average molecular weight is 376 g/mol. The highest BCUT2D eigenvalue weighted by atomic mass is 32.2. The van der Waals surface area contributed by atoms with Crippen LogP contribution in [0.15, 0.2) is 53.3 Å². The minimum Gasteiger partial charge on any atom is -0.286 e. The lowest BCUT2D eigenvalue weighted by molar-refractivity contribution is 0.479. The van der Waals surface area contributed by atoms with E-state index in [1.54, 1.807) is 36.4 Å². The van der Waals surface area contributed by atoms with Crippen molar-refractivity contribution in [2.45, 2.75) is 19.3 Å². The molecule has 1 aromatic heterocycles. The second kappa shape index (κ2) is 7.35. The van der Waals surface area contributed by atoms with Crippen molar-refractivity contribution in [1.29, 1.82) is 0 Å². The number of para-hydroxylation sites is 1. The van der Waals surface area contributed by atoms with E-state index in [0.717, 1.165) is 0 Å². The molecule has 0 fully saturated rings. The first-order valence-electron chi connectivity index (χ1n) is 8.07. The molecule has 2 aromatic carbocycles. The summed E-state index contributed by atoms with van der Waals surface area (Å²) in [5, 5.41) is -0.0851. The van der Waals surface area contributed by atoms with Crippen LogP contribution in [0.3, 0.4) is 0 Å². The molecule has 0 amide bonds. The molecule has 8 heteroatoms. The van der Waals surface area contributed by atoms with Gasteiger partial charge in [0.05, 0.1) is 17.0 Å². The summed E-state index contributed by atoms with van der Waals surface area (Å²) in [6, 6.07) is 13.0. The minimum atomic E-state index is -4.03. The van der Waals surface area contributed by atoms with E-state index in [2.05, 4.69) is 4.98 Å². The third kappa shape index (κ3) is 3.97. The Bertz CT molecular complexity index is 1100. The SMILES string of the molecule is O=c1c2c(F)cccc2nc(CCCCS(=O)(=O)O)n1-c1ccccc1. The van der Waals surface area contributed by atoms with Gasteiger partial charge in [0.1, 0.15) is 17.0 Å². The number of benzene rings is 2. The normalized spacial score (nSPS) is 11.8. The van der Waals surface area contributed by atoms with Gasteiger partial charge < -0.3 is 0 Å². The number of aromatic nitrogens is 2. The molecule has 1 N–H and O–H groups in total. The van der Waals surface area contributed by atoms with E-state index in [9.17, 15) is 17.6 Å². The number of fused-ring (bicyclic) bond motifs is 1. The standard InChI is InChI=1S/C18H17FN2O4S/c19-14-9-6-10-15-17(14)18(22)21(13-7-2-1-3-8-13)16(20-15)11-4-5-12-26(23,24)25/h1-3,6-10H,4-5,11-12H2,(H,23,24,25). The van der Waals surface area contributed by atoms with Gasteiger partial charge in [0.25, 0.3) is 15.7 Å². The van der Waals surface area contributed by atoms with E-state index >= 15 is 0 Å². The average Bonchev–Trinajstić information content (AvgIpc) is 2.58. The fourth-order valence-corrected chi connectivity index (χ4v) is 3.38. The van der Waals surface area contributed by atoms with Crippen molar-refractivity contribution in [3.8, 4) is 5.69 Å². The van der Waals surface area contributed by atoms with Crippen LogP contribution >= 0.6 is 0 Å². The van der Waals surface area contributed by atoms with Gasteiger partial charge in [-0.05, 0) is 37.1 Å². The maximum atomic E-state index is 14.2. The maximum absolute atomic E-state index is 14.2. The number of aryl methyl sites for hydroxylation is 1. The number of nitrogens with zero attached hydrogens (tertiary/aromatic N) is 2. The van der Waals surface area contributed by atoms with Gasteiger partial charge >= 0.3 is 0 Å². The smallest absolute Gasteiger partial charge is 0.268 e. The summed E-state index contributed by atoms with van der Waals surface area (Å²) in [6.07, 6.45) is 0.941. The Labute approximate surface area is 149 Å². The lowest BCUT2D eigenvalue weighted by atomic mass is 10.2. The van der Waals surface area contributed by atoms with Crippen molar-refractivity contribution in [3.05, 3.63) is 70.5 Å². The Kier molecular flexibility index (Phi) is 5.15. The van der Waals surface area contributed by atoms with Gasteiger partial charge in [-0.15, -0.1) is 0 Å². The molecule has 0 spiro atoms. The molecule has 0 radical (unpaired) electrons. The van der Waals surface area contributed by atoms with Crippen LogP contribution in [0.25, 0.3) is 16.6 Å². The zero-order valence-corrected chi connectivity index (χ0v) is 14.6. The Morgan fingerprint density at radius 3 is 2.46 bits per heavy atom. The van der Waals surface area contributed by atoms with Gasteiger partial charge in [-0.25, -0.2) is 9.37 Å². The van der Waals surface area contributed by atoms with Gasteiger partial charge in [0.2, 0.25) is 0 Å². The molecule has 0 bridgehead atoms. The van der Waals surface area contributed by atoms with E-state index in [1.165, 1.54) is 16.7 Å². The fraction of sp³-hybridized carbons (Fsp3) is 0.222. The quantitative estimate of drug-likeness (QED) is 0.528. The highest BCUT2D eigenvalue weighted by molar-refractivity contribution is 7.85. The van der Waals surface area contributed by atoms with Crippen molar-refractivity contribution in [1.82, 2.24) is 9.55 Å². The number of hydrogen-bond donors (Lipinski definition) is 1. The number of unbranched alkanes of at least 4 members (excludes halogenated alkanes) is 1. The third-order valence-corrected chi connectivity index (χ3v) is 4.79. The molecule has 3 rings (SSSR count). The summed E-state index contributed by atoms with van der Waals surface area (Å²) in [6.45, 7) is 0. The van der Waals surface area contributed by atoms with Gasteiger partial charge in [-0.1, -0.05) is 24.3 Å². The highest BCUT2D eigenvalue weighted by Gasteiger charge is 2.15. The van der Waals surface area contributed by atoms with Crippen LogP contribution < -0.4 is 5.56 Å². The van der Waals surface area contributed by atoms with E-state index in [1.807, 2.05) is 0 Å². The summed E-state index contributed by atoms with van der Waals surface area (Å²) >= 11 is 0. The zero-order valence-electron chi connectivity index (χ0n) is 13.8.